The van der Waals surface area contributed by atoms with Gasteiger partial charge in [-0.1, -0.05) is 36.4 Å². The molecule has 4 nitrogen and oxygen atoms in total. The number of ether oxygens (including phenoxy) is 1. The van der Waals surface area contributed by atoms with Gasteiger partial charge in [0.05, 0.1) is 6.61 Å². The molecule has 0 saturated carbocycles. The highest BCUT2D eigenvalue weighted by Gasteiger charge is 1.98. The predicted octanol–water partition coefficient (Wildman–Crippen LogP) is 3.72. The molecule has 0 fully saturated rings. The average molecular weight is 473 g/mol. The summed E-state index contributed by atoms with van der Waals surface area (Å²) in [5.74, 6) is 0.857. The largest absolute Gasteiger partial charge is 0.381 e. The second-order valence-electron chi connectivity index (χ2n) is 5.46. The van der Waals surface area contributed by atoms with Crippen molar-refractivity contribution in [3.8, 4) is 0 Å². The third-order valence-electron chi connectivity index (χ3n) is 3.60. The Kier molecular flexibility index (Phi) is 12.4. The van der Waals surface area contributed by atoms with Crippen LogP contribution in [0, 0.1) is 0 Å². The second kappa shape index (κ2) is 14.1. The minimum atomic E-state index is 0. The van der Waals surface area contributed by atoms with Gasteiger partial charge in [0.2, 0.25) is 0 Å². The van der Waals surface area contributed by atoms with Gasteiger partial charge < -0.3 is 15.4 Å². The summed E-state index contributed by atoms with van der Waals surface area (Å²) in [6.07, 6.45) is 2.97. The third kappa shape index (κ3) is 9.81. The van der Waals surface area contributed by atoms with Crippen LogP contribution in [0.25, 0.3) is 0 Å². The lowest BCUT2D eigenvalue weighted by Gasteiger charge is -2.11. The molecular weight excluding hydrogens is 445 g/mol. The Morgan fingerprint density at radius 1 is 1.00 bits per heavy atom. The quantitative estimate of drug-likeness (QED) is 0.239. The Labute approximate surface area is 172 Å². The van der Waals surface area contributed by atoms with Gasteiger partial charge in [0.1, 0.15) is 0 Å². The molecule has 0 amide bonds. The molecule has 6 heteroatoms. The Bertz CT molecular complexity index is 576. The van der Waals surface area contributed by atoms with Gasteiger partial charge in [-0.05, 0) is 36.3 Å². The van der Waals surface area contributed by atoms with Gasteiger partial charge in [-0.2, -0.15) is 0 Å². The van der Waals surface area contributed by atoms with Crippen LogP contribution in [-0.4, -0.2) is 39.3 Å². The number of halogens is 1. The maximum Gasteiger partial charge on any atom is 0.190 e. The molecule has 0 spiro atoms. The Hall–Kier alpha value is -1.12. The Morgan fingerprint density at radius 2 is 1.80 bits per heavy atom. The van der Waals surface area contributed by atoms with Gasteiger partial charge in [0.25, 0.3) is 0 Å². The van der Waals surface area contributed by atoms with Crippen LogP contribution in [0.1, 0.15) is 16.9 Å². The number of nitrogens with one attached hydrogen (secondary N) is 2. The summed E-state index contributed by atoms with van der Waals surface area (Å²) in [6, 6.07) is 14.7. The van der Waals surface area contributed by atoms with E-state index in [2.05, 4.69) is 57.4 Å². The van der Waals surface area contributed by atoms with E-state index in [9.17, 15) is 0 Å². The van der Waals surface area contributed by atoms with Crippen molar-refractivity contribution in [2.45, 2.75) is 19.3 Å². The summed E-state index contributed by atoms with van der Waals surface area (Å²) in [5.41, 5.74) is 1.32. The fourth-order valence-corrected chi connectivity index (χ4v) is 3.01. The zero-order valence-electron chi connectivity index (χ0n) is 14.7. The zero-order chi connectivity index (χ0) is 16.9. The van der Waals surface area contributed by atoms with Gasteiger partial charge in [0.15, 0.2) is 5.96 Å². The number of nitrogens with zero attached hydrogens (tertiary/aromatic N) is 1. The van der Waals surface area contributed by atoms with Gasteiger partial charge in [-0.15, -0.1) is 35.3 Å². The molecule has 0 aliphatic carbocycles. The minimum absolute atomic E-state index is 0. The monoisotopic (exact) mass is 473 g/mol. The summed E-state index contributed by atoms with van der Waals surface area (Å²) in [6.45, 7) is 3.31. The highest BCUT2D eigenvalue weighted by Crippen LogP contribution is 2.07. The molecule has 0 aliphatic heterocycles. The molecule has 2 rings (SSSR count). The van der Waals surface area contributed by atoms with Crippen LogP contribution in [0.4, 0.5) is 0 Å². The van der Waals surface area contributed by atoms with Crippen molar-refractivity contribution in [2.24, 2.45) is 4.99 Å². The van der Waals surface area contributed by atoms with Crippen LogP contribution in [0.2, 0.25) is 0 Å². The summed E-state index contributed by atoms with van der Waals surface area (Å²) < 4.78 is 5.68. The fraction of sp³-hybridized carbons (Fsp3) is 0.421. The van der Waals surface area contributed by atoms with E-state index < -0.39 is 0 Å². The topological polar surface area (TPSA) is 45.7 Å². The average Bonchev–Trinajstić information content (AvgIpc) is 3.13. The van der Waals surface area contributed by atoms with E-state index in [1.54, 1.807) is 18.4 Å². The molecule has 0 bridgehead atoms. The number of thiophene rings is 1. The normalized spacial score (nSPS) is 11.0. The Morgan fingerprint density at radius 3 is 2.52 bits per heavy atom. The zero-order valence-corrected chi connectivity index (χ0v) is 17.9. The van der Waals surface area contributed by atoms with Crippen molar-refractivity contribution < 1.29 is 4.74 Å². The molecule has 0 unspecified atom stereocenters. The second-order valence-corrected chi connectivity index (χ2v) is 6.49. The lowest BCUT2D eigenvalue weighted by Crippen LogP contribution is -2.38. The highest BCUT2D eigenvalue weighted by atomic mass is 127. The molecule has 138 valence electrons. The molecule has 0 aliphatic rings. The third-order valence-corrected chi connectivity index (χ3v) is 4.54. The van der Waals surface area contributed by atoms with Crippen LogP contribution < -0.4 is 10.6 Å². The minimum Gasteiger partial charge on any atom is -0.381 e. The number of hydrogen-bond acceptors (Lipinski definition) is 3. The number of benzene rings is 1. The van der Waals surface area contributed by atoms with E-state index in [4.69, 9.17) is 4.74 Å². The SMILES string of the molecule is CN=C(NCCCOCCc1ccccc1)NCCc1cccs1.I. The molecule has 1 aromatic heterocycles. The first kappa shape index (κ1) is 21.9. The molecule has 0 atom stereocenters. The predicted molar refractivity (Wildman–Crippen MR) is 118 cm³/mol. The van der Waals surface area contributed by atoms with E-state index in [1.165, 1.54) is 10.4 Å². The maximum atomic E-state index is 5.68. The lowest BCUT2D eigenvalue weighted by molar-refractivity contribution is 0.135. The molecule has 1 heterocycles. The van der Waals surface area contributed by atoms with Crippen molar-refractivity contribution in [1.82, 2.24) is 10.6 Å². The van der Waals surface area contributed by atoms with E-state index in [0.29, 0.717) is 0 Å². The first-order chi connectivity index (χ1) is 11.9. The molecule has 0 saturated heterocycles. The van der Waals surface area contributed by atoms with Crippen molar-refractivity contribution in [3.05, 3.63) is 58.3 Å². The molecular formula is C19H28IN3OS. The van der Waals surface area contributed by atoms with Gasteiger partial charge in [0, 0.05) is 31.6 Å². The van der Waals surface area contributed by atoms with Crippen LogP contribution in [0.5, 0.6) is 0 Å². The molecule has 1 aromatic carbocycles. The van der Waals surface area contributed by atoms with E-state index in [-0.39, 0.29) is 24.0 Å². The Balaban J connectivity index is 0.00000312. The standard InChI is InChI=1S/C19H27N3OS.HI/c1-20-19(22-13-10-18-9-5-16-24-18)21-12-6-14-23-15-11-17-7-3-2-4-8-17;/h2-5,7-9,16H,6,10-15H2,1H3,(H2,20,21,22);1H. The van der Waals surface area contributed by atoms with Crippen molar-refractivity contribution in [2.75, 3.05) is 33.4 Å². The van der Waals surface area contributed by atoms with E-state index in [0.717, 1.165) is 51.5 Å². The van der Waals surface area contributed by atoms with Crippen LogP contribution in [0.15, 0.2) is 52.8 Å². The number of hydrogen-bond donors (Lipinski definition) is 2. The molecule has 25 heavy (non-hydrogen) atoms. The first-order valence-corrected chi connectivity index (χ1v) is 9.35. The summed E-state index contributed by atoms with van der Waals surface area (Å²) in [7, 11) is 1.80. The lowest BCUT2D eigenvalue weighted by atomic mass is 10.2. The molecule has 2 N–H and O–H groups in total. The molecule has 0 radical (unpaired) electrons. The number of aliphatic imine (C=N–C) groups is 1. The van der Waals surface area contributed by atoms with Crippen molar-refractivity contribution >= 4 is 41.3 Å². The molecule has 2 aromatic rings. The first-order valence-electron chi connectivity index (χ1n) is 8.47. The smallest absolute Gasteiger partial charge is 0.190 e. The van der Waals surface area contributed by atoms with Crippen LogP contribution in [0.3, 0.4) is 0 Å². The van der Waals surface area contributed by atoms with Crippen LogP contribution in [-0.2, 0) is 17.6 Å². The fourth-order valence-electron chi connectivity index (χ4n) is 2.30. The number of rotatable bonds is 10. The van der Waals surface area contributed by atoms with Crippen molar-refractivity contribution in [3.63, 3.8) is 0 Å². The van der Waals surface area contributed by atoms with Gasteiger partial charge in [-0.25, -0.2) is 0 Å². The highest BCUT2D eigenvalue weighted by molar-refractivity contribution is 14.0. The van der Waals surface area contributed by atoms with Crippen molar-refractivity contribution in [1.29, 1.82) is 0 Å². The van der Waals surface area contributed by atoms with Crippen LogP contribution >= 0.6 is 35.3 Å². The summed E-state index contributed by atoms with van der Waals surface area (Å²) in [4.78, 5) is 5.63. The van der Waals surface area contributed by atoms with Gasteiger partial charge >= 0.3 is 0 Å². The summed E-state index contributed by atoms with van der Waals surface area (Å²) in [5, 5.41) is 8.77. The van der Waals surface area contributed by atoms with Gasteiger partial charge in [-0.3, -0.25) is 4.99 Å². The van der Waals surface area contributed by atoms with E-state index >= 15 is 0 Å². The summed E-state index contributed by atoms with van der Waals surface area (Å²) >= 11 is 1.79. The van der Waals surface area contributed by atoms with E-state index in [1.807, 2.05) is 6.07 Å². The maximum absolute atomic E-state index is 5.68. The number of guanidine groups is 1.